The highest BCUT2D eigenvalue weighted by Gasteiger charge is 2.15. The lowest BCUT2D eigenvalue weighted by atomic mass is 10.2. The molecule has 0 heterocycles. The molecule has 0 fully saturated rings. The Bertz CT molecular complexity index is 735. The van der Waals surface area contributed by atoms with Crippen LogP contribution in [0.2, 0.25) is 10.0 Å². The van der Waals surface area contributed by atoms with Crippen molar-refractivity contribution >= 4 is 33.2 Å². The van der Waals surface area contributed by atoms with Gasteiger partial charge in [0, 0.05) is 6.54 Å². The van der Waals surface area contributed by atoms with Gasteiger partial charge < -0.3 is 0 Å². The maximum Gasteiger partial charge on any atom is 0.240 e. The van der Waals surface area contributed by atoms with Crippen LogP contribution in [-0.2, 0) is 16.6 Å². The highest BCUT2D eigenvalue weighted by molar-refractivity contribution is 7.89. The van der Waals surface area contributed by atoms with Gasteiger partial charge in [0.1, 0.15) is 5.82 Å². The fourth-order valence-corrected chi connectivity index (χ4v) is 3.00. The average molecular weight is 334 g/mol. The van der Waals surface area contributed by atoms with Crippen LogP contribution >= 0.6 is 23.2 Å². The van der Waals surface area contributed by atoms with Gasteiger partial charge in [-0.3, -0.25) is 0 Å². The van der Waals surface area contributed by atoms with Crippen molar-refractivity contribution in [2.75, 3.05) is 0 Å². The topological polar surface area (TPSA) is 46.2 Å². The van der Waals surface area contributed by atoms with E-state index in [2.05, 4.69) is 4.72 Å². The van der Waals surface area contributed by atoms with Gasteiger partial charge >= 0.3 is 0 Å². The SMILES string of the molecule is O=S(=O)(NCc1cccc(Cl)c1Cl)c1cccc(F)c1. The van der Waals surface area contributed by atoms with Gasteiger partial charge in [-0.05, 0) is 29.8 Å². The van der Waals surface area contributed by atoms with Crippen molar-refractivity contribution in [3.63, 3.8) is 0 Å². The first kappa shape index (κ1) is 15.3. The third kappa shape index (κ3) is 3.49. The van der Waals surface area contributed by atoms with Crippen LogP contribution < -0.4 is 4.72 Å². The van der Waals surface area contributed by atoms with Crippen LogP contribution in [0.1, 0.15) is 5.56 Å². The Balaban J connectivity index is 2.20. The summed E-state index contributed by atoms with van der Waals surface area (Å²) >= 11 is 11.8. The zero-order chi connectivity index (χ0) is 14.8. The number of rotatable bonds is 4. The molecule has 0 unspecified atom stereocenters. The molecule has 106 valence electrons. The fourth-order valence-electron chi connectivity index (χ4n) is 1.58. The fraction of sp³-hybridized carbons (Fsp3) is 0.0769. The van der Waals surface area contributed by atoms with E-state index in [1.807, 2.05) is 0 Å². The van der Waals surface area contributed by atoms with Gasteiger partial charge in [-0.2, -0.15) is 0 Å². The summed E-state index contributed by atoms with van der Waals surface area (Å²) in [6.07, 6.45) is 0. The first-order valence-electron chi connectivity index (χ1n) is 5.58. The summed E-state index contributed by atoms with van der Waals surface area (Å²) in [5.74, 6) is -0.617. The van der Waals surface area contributed by atoms with Crippen molar-refractivity contribution < 1.29 is 12.8 Å². The van der Waals surface area contributed by atoms with E-state index >= 15 is 0 Å². The van der Waals surface area contributed by atoms with Crippen molar-refractivity contribution in [2.24, 2.45) is 0 Å². The largest absolute Gasteiger partial charge is 0.240 e. The molecule has 0 aliphatic carbocycles. The molecule has 20 heavy (non-hydrogen) atoms. The molecule has 0 bridgehead atoms. The van der Waals surface area contributed by atoms with Crippen LogP contribution in [0.4, 0.5) is 4.39 Å². The lowest BCUT2D eigenvalue weighted by molar-refractivity contribution is 0.577. The lowest BCUT2D eigenvalue weighted by Gasteiger charge is -2.09. The molecule has 0 radical (unpaired) electrons. The molecule has 3 nitrogen and oxygen atoms in total. The van der Waals surface area contributed by atoms with E-state index in [9.17, 15) is 12.8 Å². The quantitative estimate of drug-likeness (QED) is 0.928. The first-order chi connectivity index (χ1) is 9.40. The Labute approximate surface area is 126 Å². The van der Waals surface area contributed by atoms with Crippen molar-refractivity contribution in [2.45, 2.75) is 11.4 Å². The zero-order valence-electron chi connectivity index (χ0n) is 10.1. The molecule has 0 aliphatic rings. The molecule has 2 rings (SSSR count). The molecule has 2 aromatic carbocycles. The van der Waals surface area contributed by atoms with E-state index in [1.54, 1.807) is 18.2 Å². The monoisotopic (exact) mass is 333 g/mol. The molecule has 0 saturated carbocycles. The Morgan fingerprint density at radius 3 is 2.50 bits per heavy atom. The van der Waals surface area contributed by atoms with Gasteiger partial charge in [0.05, 0.1) is 14.9 Å². The number of halogens is 3. The van der Waals surface area contributed by atoms with E-state index < -0.39 is 15.8 Å². The Morgan fingerprint density at radius 2 is 1.80 bits per heavy atom. The third-order valence-corrected chi connectivity index (χ3v) is 4.85. The van der Waals surface area contributed by atoms with Gasteiger partial charge in [-0.1, -0.05) is 41.4 Å². The second kappa shape index (κ2) is 6.10. The predicted molar refractivity (Wildman–Crippen MR) is 76.9 cm³/mol. The van der Waals surface area contributed by atoms with Crippen molar-refractivity contribution in [3.05, 3.63) is 63.9 Å². The van der Waals surface area contributed by atoms with Crippen molar-refractivity contribution in [3.8, 4) is 0 Å². The Hall–Kier alpha value is -1.14. The molecule has 7 heteroatoms. The summed E-state index contributed by atoms with van der Waals surface area (Å²) in [5, 5.41) is 0.630. The zero-order valence-corrected chi connectivity index (χ0v) is 12.4. The minimum atomic E-state index is -3.80. The number of sulfonamides is 1. The highest BCUT2D eigenvalue weighted by Crippen LogP contribution is 2.25. The molecule has 0 aromatic heterocycles. The van der Waals surface area contributed by atoms with E-state index in [0.717, 1.165) is 6.07 Å². The molecule has 0 spiro atoms. The van der Waals surface area contributed by atoms with Gasteiger partial charge in [-0.25, -0.2) is 17.5 Å². The summed E-state index contributed by atoms with van der Waals surface area (Å²) in [7, 11) is -3.80. The number of hydrogen-bond acceptors (Lipinski definition) is 2. The van der Waals surface area contributed by atoms with Crippen LogP contribution in [0.25, 0.3) is 0 Å². The van der Waals surface area contributed by atoms with Gasteiger partial charge in [0.15, 0.2) is 0 Å². The maximum absolute atomic E-state index is 13.0. The lowest BCUT2D eigenvalue weighted by Crippen LogP contribution is -2.23. The highest BCUT2D eigenvalue weighted by atomic mass is 35.5. The molecule has 0 amide bonds. The maximum atomic E-state index is 13.0. The van der Waals surface area contributed by atoms with Gasteiger partial charge in [0.2, 0.25) is 10.0 Å². The minimum absolute atomic E-state index is 0.0295. The Kier molecular flexibility index (Phi) is 4.65. The molecule has 0 saturated heterocycles. The summed E-state index contributed by atoms with van der Waals surface area (Å²) < 4.78 is 39.4. The Morgan fingerprint density at radius 1 is 1.10 bits per heavy atom. The molecule has 1 N–H and O–H groups in total. The van der Waals surface area contributed by atoms with Crippen LogP contribution in [-0.4, -0.2) is 8.42 Å². The van der Waals surface area contributed by atoms with Gasteiger partial charge in [-0.15, -0.1) is 0 Å². The predicted octanol–water partition coefficient (Wildman–Crippen LogP) is 3.61. The van der Waals surface area contributed by atoms with Crippen LogP contribution in [0, 0.1) is 5.82 Å². The molecule has 2 aromatic rings. The van der Waals surface area contributed by atoms with Crippen LogP contribution in [0.5, 0.6) is 0 Å². The van der Waals surface area contributed by atoms with Crippen LogP contribution in [0.3, 0.4) is 0 Å². The molecular formula is C13H10Cl2FNO2S. The number of benzene rings is 2. The number of nitrogens with one attached hydrogen (secondary N) is 1. The molecule has 0 aliphatic heterocycles. The van der Waals surface area contributed by atoms with E-state index in [4.69, 9.17) is 23.2 Å². The molecular weight excluding hydrogens is 324 g/mol. The second-order valence-electron chi connectivity index (χ2n) is 3.99. The van der Waals surface area contributed by atoms with Crippen LogP contribution in [0.15, 0.2) is 47.4 Å². The van der Waals surface area contributed by atoms with Gasteiger partial charge in [0.25, 0.3) is 0 Å². The molecule has 0 atom stereocenters. The van der Waals surface area contributed by atoms with E-state index in [1.165, 1.54) is 18.2 Å². The normalized spacial score (nSPS) is 11.6. The average Bonchev–Trinajstić information content (AvgIpc) is 2.40. The van der Waals surface area contributed by atoms with E-state index in [-0.39, 0.29) is 16.5 Å². The number of hydrogen-bond donors (Lipinski definition) is 1. The second-order valence-corrected chi connectivity index (χ2v) is 6.55. The van der Waals surface area contributed by atoms with Crippen molar-refractivity contribution in [1.82, 2.24) is 4.72 Å². The summed E-state index contributed by atoms with van der Waals surface area (Å²) in [6, 6.07) is 9.69. The summed E-state index contributed by atoms with van der Waals surface area (Å²) in [5.41, 5.74) is 0.541. The summed E-state index contributed by atoms with van der Waals surface area (Å²) in [6.45, 7) is -0.0295. The van der Waals surface area contributed by atoms with Crippen molar-refractivity contribution in [1.29, 1.82) is 0 Å². The smallest absolute Gasteiger partial charge is 0.207 e. The van der Waals surface area contributed by atoms with E-state index in [0.29, 0.717) is 10.6 Å². The standard InChI is InChI=1S/C13H10Cl2FNO2S/c14-12-6-1-3-9(13(12)15)8-17-20(18,19)11-5-2-4-10(16)7-11/h1-7,17H,8H2. The third-order valence-electron chi connectivity index (χ3n) is 2.59. The summed E-state index contributed by atoms with van der Waals surface area (Å²) in [4.78, 5) is -0.143. The first-order valence-corrected chi connectivity index (χ1v) is 7.82. The minimum Gasteiger partial charge on any atom is -0.207 e.